The molecule has 1 atom stereocenters. The summed E-state index contributed by atoms with van der Waals surface area (Å²) in [5.41, 5.74) is 1.14. The number of rotatable bonds is 13. The van der Waals surface area contributed by atoms with Gasteiger partial charge in [0.05, 0.1) is 25.1 Å². The van der Waals surface area contributed by atoms with Crippen LogP contribution in [0.4, 0.5) is 0 Å². The first kappa shape index (κ1) is 26.8. The lowest BCUT2D eigenvalue weighted by Crippen LogP contribution is -2.16. The van der Waals surface area contributed by atoms with Crippen molar-refractivity contribution in [1.82, 2.24) is 0 Å². The average Bonchev–Trinajstić information content (AvgIpc) is 2.85. The summed E-state index contributed by atoms with van der Waals surface area (Å²) in [6.45, 7) is 6.79. The second kappa shape index (κ2) is 13.9. The van der Waals surface area contributed by atoms with Gasteiger partial charge >= 0.3 is 5.97 Å². The van der Waals surface area contributed by atoms with Crippen LogP contribution in [0.25, 0.3) is 0 Å². The van der Waals surface area contributed by atoms with Crippen molar-refractivity contribution in [3.8, 4) is 23.0 Å². The molecule has 0 N–H and O–H groups in total. The molecule has 7 heteroatoms. The maximum atomic E-state index is 11.7. The number of esters is 1. The third-order valence-electron chi connectivity index (χ3n) is 5.06. The summed E-state index contributed by atoms with van der Waals surface area (Å²) >= 11 is 7.67. The van der Waals surface area contributed by atoms with E-state index in [4.69, 9.17) is 30.5 Å². The largest absolute Gasteiger partial charge is 0.493 e. The Balaban J connectivity index is 1.53. The van der Waals surface area contributed by atoms with Crippen molar-refractivity contribution < 1.29 is 23.7 Å². The first-order chi connectivity index (χ1) is 17.0. The normalized spacial score (nSPS) is 11.5. The van der Waals surface area contributed by atoms with Gasteiger partial charge in [0.2, 0.25) is 0 Å². The number of aryl methyl sites for hydroxylation is 1. The van der Waals surface area contributed by atoms with E-state index < -0.39 is 0 Å². The van der Waals surface area contributed by atoms with Crippen molar-refractivity contribution in [2.45, 2.75) is 44.6 Å². The van der Waals surface area contributed by atoms with Crippen molar-refractivity contribution >= 4 is 29.3 Å². The van der Waals surface area contributed by atoms with Crippen LogP contribution in [0.3, 0.4) is 0 Å². The monoisotopic (exact) mass is 514 g/mol. The topological polar surface area (TPSA) is 54.0 Å². The van der Waals surface area contributed by atoms with Gasteiger partial charge in [0.25, 0.3) is 0 Å². The van der Waals surface area contributed by atoms with E-state index in [1.807, 2.05) is 68.4 Å². The van der Waals surface area contributed by atoms with Gasteiger partial charge < -0.3 is 18.9 Å². The highest BCUT2D eigenvalue weighted by atomic mass is 35.5. The molecule has 0 amide bonds. The summed E-state index contributed by atoms with van der Waals surface area (Å²) in [5, 5.41) is 0.579. The second-order valence-corrected chi connectivity index (χ2v) is 9.24. The molecule has 0 fully saturated rings. The zero-order valence-corrected chi connectivity index (χ0v) is 21.9. The lowest BCUT2D eigenvalue weighted by molar-refractivity contribution is -0.139. The van der Waals surface area contributed by atoms with Crippen LogP contribution in [0.15, 0.2) is 71.6 Å². The number of benzene rings is 3. The summed E-state index contributed by atoms with van der Waals surface area (Å²) in [7, 11) is 0. The van der Waals surface area contributed by atoms with E-state index >= 15 is 0 Å². The number of hydrogen-bond acceptors (Lipinski definition) is 6. The van der Waals surface area contributed by atoms with Gasteiger partial charge in [0.15, 0.2) is 11.5 Å². The third kappa shape index (κ3) is 8.71. The summed E-state index contributed by atoms with van der Waals surface area (Å²) < 4.78 is 23.1. The highest BCUT2D eigenvalue weighted by Gasteiger charge is 2.13. The molecular weight excluding hydrogens is 484 g/mol. The highest BCUT2D eigenvalue weighted by molar-refractivity contribution is 8.00. The van der Waals surface area contributed by atoms with E-state index in [9.17, 15) is 4.79 Å². The fourth-order valence-electron chi connectivity index (χ4n) is 3.29. The molecule has 0 saturated heterocycles. The smallest absolute Gasteiger partial charge is 0.316 e. The minimum atomic E-state index is -0.202. The Bertz CT molecular complexity index is 1090. The van der Waals surface area contributed by atoms with Gasteiger partial charge in [0, 0.05) is 22.4 Å². The molecule has 3 rings (SSSR count). The number of thioether (sulfide) groups is 1. The Hall–Kier alpha value is -2.83. The Labute approximate surface area is 216 Å². The van der Waals surface area contributed by atoms with Crippen LogP contribution in [-0.2, 0) is 16.0 Å². The van der Waals surface area contributed by atoms with E-state index in [-0.39, 0.29) is 12.1 Å². The van der Waals surface area contributed by atoms with E-state index in [1.165, 1.54) is 11.8 Å². The number of carbonyl (C=O) groups excluding carboxylic acids is 1. The molecule has 0 spiro atoms. The summed E-state index contributed by atoms with van der Waals surface area (Å²) in [6, 6.07) is 20.8. The molecule has 0 aromatic heterocycles. The molecule has 0 aliphatic rings. The molecular formula is C28H31ClO5S. The van der Waals surface area contributed by atoms with Crippen molar-refractivity contribution in [3.05, 3.63) is 77.3 Å². The predicted octanol–water partition coefficient (Wildman–Crippen LogP) is 7.59. The zero-order chi connectivity index (χ0) is 25.0. The molecule has 5 nitrogen and oxygen atoms in total. The van der Waals surface area contributed by atoms with Crippen LogP contribution in [0.1, 0.15) is 32.8 Å². The van der Waals surface area contributed by atoms with Crippen molar-refractivity contribution in [1.29, 1.82) is 0 Å². The third-order valence-corrected chi connectivity index (χ3v) is 6.39. The summed E-state index contributed by atoms with van der Waals surface area (Å²) in [6.07, 6.45) is 1.44. The lowest BCUT2D eigenvalue weighted by atomic mass is 10.1. The highest BCUT2D eigenvalue weighted by Crippen LogP contribution is 2.35. The molecule has 0 saturated carbocycles. The van der Waals surface area contributed by atoms with Gasteiger partial charge in [-0.05, 0) is 68.3 Å². The molecule has 3 aromatic rings. The van der Waals surface area contributed by atoms with E-state index in [1.54, 1.807) is 12.1 Å². The standard InChI is InChI=1S/C28H31ClO5S/c1-4-21-17-24(12-14-27(21)35-19-28(30)31-5-2)32-16-15-20(3)33-25-13-11-22(29)18-26(25)34-23-9-7-6-8-10-23/h6-14,17-18,20H,4-5,15-16,19H2,1-3H3/t20-/m1/s1. The fourth-order valence-corrected chi connectivity index (χ4v) is 4.37. The van der Waals surface area contributed by atoms with Gasteiger partial charge in [-0.25, -0.2) is 0 Å². The van der Waals surface area contributed by atoms with E-state index in [0.717, 1.165) is 22.6 Å². The maximum absolute atomic E-state index is 11.7. The van der Waals surface area contributed by atoms with Gasteiger partial charge in [-0.2, -0.15) is 0 Å². The molecule has 0 bridgehead atoms. The Morgan fingerprint density at radius 2 is 1.77 bits per heavy atom. The Morgan fingerprint density at radius 1 is 0.971 bits per heavy atom. The minimum Gasteiger partial charge on any atom is -0.493 e. The number of hydrogen-bond donors (Lipinski definition) is 0. The predicted molar refractivity (Wildman–Crippen MR) is 141 cm³/mol. The summed E-state index contributed by atoms with van der Waals surface area (Å²) in [4.78, 5) is 12.7. The molecule has 0 radical (unpaired) electrons. The lowest BCUT2D eigenvalue weighted by Gasteiger charge is -2.18. The molecule has 186 valence electrons. The average molecular weight is 515 g/mol. The quantitative estimate of drug-likeness (QED) is 0.173. The number of carbonyl (C=O) groups is 1. The number of para-hydroxylation sites is 1. The molecule has 0 aliphatic heterocycles. The van der Waals surface area contributed by atoms with Crippen LogP contribution in [0.2, 0.25) is 5.02 Å². The van der Waals surface area contributed by atoms with E-state index in [0.29, 0.717) is 47.7 Å². The van der Waals surface area contributed by atoms with Crippen LogP contribution >= 0.6 is 23.4 Å². The first-order valence-corrected chi connectivity index (χ1v) is 13.1. The molecule has 0 aliphatic carbocycles. The SMILES string of the molecule is CCOC(=O)CSc1ccc(OCC[C@@H](C)Oc2ccc(Cl)cc2Oc2ccccc2)cc1CC. The Morgan fingerprint density at radius 3 is 2.51 bits per heavy atom. The van der Waals surface area contributed by atoms with Crippen LogP contribution in [0.5, 0.6) is 23.0 Å². The molecule has 0 unspecified atom stereocenters. The Kier molecular flexibility index (Phi) is 10.6. The van der Waals surface area contributed by atoms with Crippen LogP contribution in [-0.4, -0.2) is 31.0 Å². The van der Waals surface area contributed by atoms with E-state index in [2.05, 4.69) is 6.92 Å². The zero-order valence-electron chi connectivity index (χ0n) is 20.3. The molecule has 0 heterocycles. The first-order valence-electron chi connectivity index (χ1n) is 11.7. The molecule has 3 aromatic carbocycles. The number of ether oxygens (including phenoxy) is 4. The van der Waals surface area contributed by atoms with Crippen molar-refractivity contribution in [3.63, 3.8) is 0 Å². The van der Waals surface area contributed by atoms with Crippen LogP contribution < -0.4 is 14.2 Å². The number of halogens is 1. The van der Waals surface area contributed by atoms with Crippen LogP contribution in [0, 0.1) is 0 Å². The van der Waals surface area contributed by atoms with Crippen molar-refractivity contribution in [2.75, 3.05) is 19.0 Å². The molecule has 35 heavy (non-hydrogen) atoms. The second-order valence-electron chi connectivity index (χ2n) is 7.79. The maximum Gasteiger partial charge on any atom is 0.316 e. The van der Waals surface area contributed by atoms with Gasteiger partial charge in [-0.15, -0.1) is 11.8 Å². The fraction of sp³-hybridized carbons (Fsp3) is 0.321. The van der Waals surface area contributed by atoms with Gasteiger partial charge in [0.1, 0.15) is 11.5 Å². The summed E-state index contributed by atoms with van der Waals surface area (Å²) in [5.74, 6) is 2.81. The van der Waals surface area contributed by atoms with Gasteiger partial charge in [-0.3, -0.25) is 4.79 Å². The van der Waals surface area contributed by atoms with Crippen molar-refractivity contribution in [2.24, 2.45) is 0 Å². The minimum absolute atomic E-state index is 0.0978. The van der Waals surface area contributed by atoms with Gasteiger partial charge in [-0.1, -0.05) is 36.7 Å².